The lowest BCUT2D eigenvalue weighted by Crippen LogP contribution is -2.27. The molecule has 1 aliphatic rings. The van der Waals surface area contributed by atoms with Gasteiger partial charge in [0.2, 0.25) is 5.88 Å². The van der Waals surface area contributed by atoms with Crippen molar-refractivity contribution in [3.63, 3.8) is 0 Å². The fourth-order valence-corrected chi connectivity index (χ4v) is 4.81. The molecule has 5 rings (SSSR count). The van der Waals surface area contributed by atoms with Gasteiger partial charge in [-0.2, -0.15) is 13.2 Å². The Hall–Kier alpha value is -4.99. The fourth-order valence-electron chi connectivity index (χ4n) is 4.81. The first-order valence-corrected chi connectivity index (χ1v) is 13.0. The molecule has 1 atom stereocenters. The minimum Gasteiger partial charge on any atom is -0.478 e. The number of hydrogen-bond acceptors (Lipinski definition) is 6. The molecule has 216 valence electrons. The molecule has 4 heterocycles. The van der Waals surface area contributed by atoms with Crippen molar-refractivity contribution in [2.75, 3.05) is 25.0 Å². The number of carbonyl (C=O) groups excluding carboxylic acids is 2. The highest BCUT2D eigenvalue weighted by Crippen LogP contribution is 2.36. The first kappa shape index (κ1) is 28.5. The molecule has 0 radical (unpaired) electrons. The molecule has 42 heavy (non-hydrogen) atoms. The number of hydrogen-bond donors (Lipinski definition) is 1. The maximum Gasteiger partial charge on any atom is 0.416 e. The number of nitrogens with zero attached hydrogens (tertiary/aromatic N) is 5. The number of likely N-dealkylation sites (tertiary alicyclic amines) is 1. The Kier molecular flexibility index (Phi) is 7.80. The van der Waals surface area contributed by atoms with Crippen molar-refractivity contribution in [2.45, 2.75) is 32.4 Å². The monoisotopic (exact) mass is 580 g/mol. The predicted molar refractivity (Wildman–Crippen MR) is 144 cm³/mol. The second kappa shape index (κ2) is 11.5. The molecular formula is C29H24F4N6O3. The van der Waals surface area contributed by atoms with Gasteiger partial charge in [-0.15, -0.1) is 0 Å². The van der Waals surface area contributed by atoms with E-state index in [1.54, 1.807) is 16.2 Å². The van der Waals surface area contributed by atoms with Gasteiger partial charge >= 0.3 is 6.18 Å². The van der Waals surface area contributed by atoms with Crippen LogP contribution in [-0.2, 0) is 11.0 Å². The Morgan fingerprint density at radius 3 is 2.71 bits per heavy atom. The number of pyridine rings is 1. The summed E-state index contributed by atoms with van der Waals surface area (Å²) in [7, 11) is 0. The number of amides is 2. The van der Waals surface area contributed by atoms with Crippen LogP contribution in [0.5, 0.6) is 5.88 Å². The van der Waals surface area contributed by atoms with E-state index >= 15 is 4.39 Å². The second-order valence-electron chi connectivity index (χ2n) is 9.41. The highest BCUT2D eigenvalue weighted by atomic mass is 19.4. The number of halogens is 4. The average Bonchev–Trinajstić information content (AvgIpc) is 3.59. The van der Waals surface area contributed by atoms with Gasteiger partial charge in [0, 0.05) is 36.3 Å². The summed E-state index contributed by atoms with van der Waals surface area (Å²) in [6.07, 6.45) is -0.0413. The van der Waals surface area contributed by atoms with E-state index in [0.29, 0.717) is 49.4 Å². The van der Waals surface area contributed by atoms with Crippen LogP contribution in [0, 0.1) is 17.7 Å². The molecule has 1 fully saturated rings. The molecular weight excluding hydrogens is 556 g/mol. The number of nitrogens with one attached hydrogen (secondary N) is 1. The summed E-state index contributed by atoms with van der Waals surface area (Å²) in [5, 5.41) is 2.27. The van der Waals surface area contributed by atoms with Crippen molar-refractivity contribution in [3.05, 3.63) is 71.7 Å². The second-order valence-corrected chi connectivity index (χ2v) is 9.41. The molecule has 0 aliphatic carbocycles. The highest BCUT2D eigenvalue weighted by molar-refractivity contribution is 6.04. The van der Waals surface area contributed by atoms with Gasteiger partial charge in [-0.1, -0.05) is 5.92 Å². The lowest BCUT2D eigenvalue weighted by molar-refractivity contribution is -0.137. The number of rotatable bonds is 6. The maximum atomic E-state index is 15.6. The van der Waals surface area contributed by atoms with Crippen molar-refractivity contribution < 1.29 is 31.9 Å². The lowest BCUT2D eigenvalue weighted by atomic mass is 10.1. The third kappa shape index (κ3) is 5.60. The molecule has 1 saturated heterocycles. The number of alkyl halides is 3. The number of benzene rings is 1. The zero-order valence-corrected chi connectivity index (χ0v) is 22.5. The summed E-state index contributed by atoms with van der Waals surface area (Å²) in [5.41, 5.74) is -0.329. The Balaban J connectivity index is 1.49. The number of anilines is 1. The molecule has 0 saturated carbocycles. The third-order valence-electron chi connectivity index (χ3n) is 6.72. The van der Waals surface area contributed by atoms with E-state index in [1.807, 2.05) is 6.92 Å². The zero-order valence-electron chi connectivity index (χ0n) is 22.5. The van der Waals surface area contributed by atoms with Gasteiger partial charge < -0.3 is 15.0 Å². The minimum atomic E-state index is -4.62. The number of imidazole rings is 1. The third-order valence-corrected chi connectivity index (χ3v) is 6.72. The van der Waals surface area contributed by atoms with Gasteiger partial charge in [0.15, 0.2) is 0 Å². The molecule has 2 amide bonds. The van der Waals surface area contributed by atoms with Gasteiger partial charge in [-0.05, 0) is 56.5 Å². The molecule has 1 aliphatic heterocycles. The molecule has 0 bridgehead atoms. The topological polar surface area (TPSA) is 102 Å². The summed E-state index contributed by atoms with van der Waals surface area (Å²) in [6, 6.07) is 5.15. The summed E-state index contributed by atoms with van der Waals surface area (Å²) in [6.45, 7) is 4.59. The van der Waals surface area contributed by atoms with Crippen molar-refractivity contribution in [2.24, 2.45) is 0 Å². The van der Waals surface area contributed by atoms with E-state index in [0.717, 1.165) is 18.3 Å². The molecule has 13 heteroatoms. The van der Waals surface area contributed by atoms with Crippen molar-refractivity contribution >= 4 is 23.1 Å². The van der Waals surface area contributed by atoms with E-state index in [4.69, 9.17) is 9.72 Å². The molecule has 0 unspecified atom stereocenters. The van der Waals surface area contributed by atoms with Crippen molar-refractivity contribution in [1.29, 1.82) is 0 Å². The molecule has 1 N–H and O–H groups in total. The molecule has 1 aromatic carbocycles. The quantitative estimate of drug-likeness (QED) is 0.256. The lowest BCUT2D eigenvalue weighted by Gasteiger charge is -2.14. The van der Waals surface area contributed by atoms with Gasteiger partial charge in [0.05, 0.1) is 30.1 Å². The molecule has 4 aromatic rings. The van der Waals surface area contributed by atoms with Gasteiger partial charge in [-0.25, -0.2) is 14.4 Å². The highest BCUT2D eigenvalue weighted by Gasteiger charge is 2.33. The molecule has 0 spiro atoms. The van der Waals surface area contributed by atoms with Gasteiger partial charge in [0.25, 0.3) is 11.8 Å². The Morgan fingerprint density at radius 2 is 2.00 bits per heavy atom. The number of carbonyl (C=O) groups is 2. The summed E-state index contributed by atoms with van der Waals surface area (Å²) < 4.78 is 62.1. The van der Waals surface area contributed by atoms with Crippen LogP contribution in [0.4, 0.5) is 23.4 Å². The van der Waals surface area contributed by atoms with Crippen LogP contribution in [0.1, 0.15) is 47.9 Å². The Bertz CT molecular complexity index is 1740. The van der Waals surface area contributed by atoms with E-state index in [-0.39, 0.29) is 34.5 Å². The average molecular weight is 581 g/mol. The van der Waals surface area contributed by atoms with Crippen LogP contribution >= 0.6 is 0 Å². The summed E-state index contributed by atoms with van der Waals surface area (Å²) in [4.78, 5) is 39.4. The summed E-state index contributed by atoms with van der Waals surface area (Å²) >= 11 is 0. The van der Waals surface area contributed by atoms with Crippen LogP contribution in [0.3, 0.4) is 0 Å². The van der Waals surface area contributed by atoms with Crippen LogP contribution in [0.15, 0.2) is 48.9 Å². The number of aromatic nitrogens is 4. The standard InChI is InChI=1S/C29H24F4N6O3/c1-3-5-24(40)38-11-9-18(16-38)27-37-26(22-14-34-15-25(39(22)27)42-4-2)20-7-6-17(12-21(20)30)28(41)36-23-13-19(8-10-35-23)29(31,32)33/h6-8,10,12-15,18H,4,9,11,16H2,1-2H3,(H,35,36,41)/t18-/m1/s1. The Labute approximate surface area is 237 Å². The maximum absolute atomic E-state index is 15.6. The fraction of sp³-hybridized carbons (Fsp3) is 0.276. The smallest absolute Gasteiger partial charge is 0.416 e. The predicted octanol–water partition coefficient (Wildman–Crippen LogP) is 4.94. The zero-order chi connectivity index (χ0) is 30.0. The largest absolute Gasteiger partial charge is 0.478 e. The van der Waals surface area contributed by atoms with Crippen molar-refractivity contribution in [1.82, 2.24) is 24.3 Å². The first-order valence-electron chi connectivity index (χ1n) is 13.0. The minimum absolute atomic E-state index is 0.0747. The Morgan fingerprint density at radius 1 is 1.19 bits per heavy atom. The normalized spacial score (nSPS) is 14.9. The van der Waals surface area contributed by atoms with Crippen LogP contribution in [-0.4, -0.2) is 55.8 Å². The van der Waals surface area contributed by atoms with E-state index in [1.165, 1.54) is 24.5 Å². The SMILES string of the molecule is CC#CC(=O)N1CC[C@@H](c2nc(-c3ccc(C(=O)Nc4cc(C(F)(F)F)ccn4)cc3F)c3cncc(OCC)n23)C1. The van der Waals surface area contributed by atoms with E-state index in [2.05, 4.69) is 27.1 Å². The molecule has 3 aromatic heterocycles. The van der Waals surface area contributed by atoms with E-state index < -0.39 is 23.5 Å². The molecule has 9 nitrogen and oxygen atoms in total. The number of fused-ring (bicyclic) bond motifs is 1. The summed E-state index contributed by atoms with van der Waals surface area (Å²) in [5.74, 6) is 3.69. The van der Waals surface area contributed by atoms with Gasteiger partial charge in [-0.3, -0.25) is 19.0 Å². The van der Waals surface area contributed by atoms with Crippen LogP contribution in [0.2, 0.25) is 0 Å². The van der Waals surface area contributed by atoms with Crippen LogP contribution < -0.4 is 10.1 Å². The van der Waals surface area contributed by atoms with E-state index in [9.17, 15) is 22.8 Å². The number of ether oxygens (including phenoxy) is 1. The van der Waals surface area contributed by atoms with Gasteiger partial charge in [0.1, 0.15) is 23.2 Å². The van der Waals surface area contributed by atoms with Crippen LogP contribution in [0.25, 0.3) is 16.8 Å². The van der Waals surface area contributed by atoms with Crippen molar-refractivity contribution in [3.8, 4) is 29.0 Å². The first-order chi connectivity index (χ1) is 20.1.